The van der Waals surface area contributed by atoms with E-state index in [-0.39, 0.29) is 5.91 Å². The third kappa shape index (κ3) is 5.63. The zero-order valence-electron chi connectivity index (χ0n) is 17.0. The Kier molecular flexibility index (Phi) is 7.39. The molecule has 29 heavy (non-hydrogen) atoms. The zero-order valence-corrected chi connectivity index (χ0v) is 19.1. The summed E-state index contributed by atoms with van der Waals surface area (Å²) in [4.78, 5) is 15.0. The molecule has 2 aromatic rings. The lowest BCUT2D eigenvalue weighted by Crippen LogP contribution is -2.54. The molecule has 0 unspecified atom stereocenters. The molecule has 1 N–H and O–H groups in total. The fourth-order valence-electron chi connectivity index (χ4n) is 3.68. The predicted octanol–water partition coefficient (Wildman–Crippen LogP) is 3.41. The van der Waals surface area contributed by atoms with E-state index in [0.717, 1.165) is 24.2 Å². The van der Waals surface area contributed by atoms with Crippen molar-refractivity contribution in [2.24, 2.45) is 16.2 Å². The third-order valence-corrected chi connectivity index (χ3v) is 5.52. The SMILES string of the molecule is CC(C)CN1CC[C@H](NC(=O)C(=NI)c2cccc(-c3cnn(C)c3)c2)[C@@H](F)C1. The molecule has 1 aliphatic rings. The van der Waals surface area contributed by atoms with Crippen molar-refractivity contribution in [2.45, 2.75) is 32.5 Å². The summed E-state index contributed by atoms with van der Waals surface area (Å²) in [6.07, 6.45) is 3.21. The standard InChI is InChI=1S/C21H27FIN5O/c1-14(2)11-28-8-7-19(18(22)13-28)25-21(29)20(26-23)16-6-4-5-15(9-16)17-10-24-27(3)12-17/h4-6,9-10,12,14,18-19H,7-8,11,13H2,1-3H3,(H,25,29)/t18-,19-/m0/s1. The van der Waals surface area contributed by atoms with Crippen molar-refractivity contribution in [1.82, 2.24) is 20.0 Å². The van der Waals surface area contributed by atoms with E-state index >= 15 is 0 Å². The second kappa shape index (κ2) is 9.80. The molecule has 8 heteroatoms. The second-order valence-corrected chi connectivity index (χ2v) is 8.44. The van der Waals surface area contributed by atoms with E-state index in [1.54, 1.807) is 10.9 Å². The van der Waals surface area contributed by atoms with E-state index in [1.807, 2.05) is 60.4 Å². The summed E-state index contributed by atoms with van der Waals surface area (Å²) >= 11 is 1.82. The van der Waals surface area contributed by atoms with Crippen LogP contribution in [0.4, 0.5) is 4.39 Å². The lowest BCUT2D eigenvalue weighted by molar-refractivity contribution is -0.116. The van der Waals surface area contributed by atoms with Gasteiger partial charge in [-0.25, -0.2) is 7.60 Å². The number of piperidine rings is 1. The molecule has 1 saturated heterocycles. The van der Waals surface area contributed by atoms with E-state index in [4.69, 9.17) is 0 Å². The minimum absolute atomic E-state index is 0.299. The van der Waals surface area contributed by atoms with Gasteiger partial charge in [0.2, 0.25) is 0 Å². The molecule has 1 aromatic heterocycles. The maximum atomic E-state index is 14.7. The van der Waals surface area contributed by atoms with Crippen LogP contribution in [0.15, 0.2) is 39.9 Å². The Morgan fingerprint density at radius 1 is 1.41 bits per heavy atom. The van der Waals surface area contributed by atoms with Gasteiger partial charge in [-0.2, -0.15) is 5.10 Å². The van der Waals surface area contributed by atoms with Gasteiger partial charge in [0.1, 0.15) is 11.9 Å². The zero-order chi connectivity index (χ0) is 21.0. The van der Waals surface area contributed by atoms with Crippen LogP contribution in [0.3, 0.4) is 0 Å². The van der Waals surface area contributed by atoms with Gasteiger partial charge < -0.3 is 10.2 Å². The Bertz CT molecular complexity index is 881. The number of rotatable bonds is 6. The van der Waals surface area contributed by atoms with Gasteiger partial charge in [-0.15, -0.1) is 0 Å². The normalized spacial score (nSPS) is 20.8. The number of carbonyl (C=O) groups is 1. The van der Waals surface area contributed by atoms with Crippen molar-refractivity contribution in [1.29, 1.82) is 0 Å². The number of benzene rings is 1. The molecule has 2 heterocycles. The average molecular weight is 511 g/mol. The van der Waals surface area contributed by atoms with E-state index < -0.39 is 12.2 Å². The quantitative estimate of drug-likeness (QED) is 0.478. The number of likely N-dealkylation sites (tertiary alicyclic amines) is 1. The Balaban J connectivity index is 1.69. The van der Waals surface area contributed by atoms with Crippen LogP contribution in [0.25, 0.3) is 11.1 Å². The Hall–Kier alpha value is -1.81. The number of nitrogens with one attached hydrogen (secondary N) is 1. The molecule has 0 bridgehead atoms. The number of hydrogen-bond donors (Lipinski definition) is 1. The minimum atomic E-state index is -1.08. The van der Waals surface area contributed by atoms with Crippen LogP contribution in [0.5, 0.6) is 0 Å². The number of halogens is 2. The fourth-order valence-corrected chi connectivity index (χ4v) is 4.18. The van der Waals surface area contributed by atoms with Crippen LogP contribution >= 0.6 is 22.9 Å². The van der Waals surface area contributed by atoms with Gasteiger partial charge in [-0.1, -0.05) is 32.0 Å². The van der Waals surface area contributed by atoms with Crippen LogP contribution in [-0.4, -0.2) is 58.1 Å². The molecule has 0 spiro atoms. The highest BCUT2D eigenvalue weighted by Crippen LogP contribution is 2.21. The number of alkyl halides is 1. The van der Waals surface area contributed by atoms with Crippen molar-refractivity contribution >= 4 is 34.5 Å². The molecule has 6 nitrogen and oxygen atoms in total. The van der Waals surface area contributed by atoms with Gasteiger partial charge in [0.05, 0.1) is 35.1 Å². The molecule has 156 valence electrons. The Morgan fingerprint density at radius 2 is 2.21 bits per heavy atom. The van der Waals surface area contributed by atoms with Gasteiger partial charge in [0, 0.05) is 44.0 Å². The van der Waals surface area contributed by atoms with Crippen LogP contribution in [0.2, 0.25) is 0 Å². The summed E-state index contributed by atoms with van der Waals surface area (Å²) in [6, 6.07) is 7.11. The summed E-state index contributed by atoms with van der Waals surface area (Å²) in [5.41, 5.74) is 2.91. The molecule has 3 rings (SSSR count). The van der Waals surface area contributed by atoms with Gasteiger partial charge in [0.15, 0.2) is 0 Å². The summed E-state index contributed by atoms with van der Waals surface area (Å²) < 4.78 is 20.6. The number of carbonyl (C=O) groups excluding carboxylic acids is 1. The highest BCUT2D eigenvalue weighted by Gasteiger charge is 2.31. The van der Waals surface area contributed by atoms with Crippen molar-refractivity contribution in [3.05, 3.63) is 42.2 Å². The van der Waals surface area contributed by atoms with E-state index in [9.17, 15) is 9.18 Å². The molecule has 1 amide bonds. The number of nitrogens with zero attached hydrogens (tertiary/aromatic N) is 4. The first kappa shape index (κ1) is 21.9. The monoisotopic (exact) mass is 511 g/mol. The van der Waals surface area contributed by atoms with Gasteiger partial charge in [-0.05, 0) is 24.0 Å². The average Bonchev–Trinajstić information content (AvgIpc) is 3.11. The van der Waals surface area contributed by atoms with Crippen molar-refractivity contribution in [3.8, 4) is 11.1 Å². The summed E-state index contributed by atoms with van der Waals surface area (Å²) in [6.45, 7) is 6.28. The number of aromatic nitrogens is 2. The highest BCUT2D eigenvalue weighted by molar-refractivity contribution is 14.1. The largest absolute Gasteiger partial charge is 0.345 e. The third-order valence-electron chi connectivity index (χ3n) is 5.04. The molecule has 1 aliphatic heterocycles. The van der Waals surface area contributed by atoms with Gasteiger partial charge in [0.25, 0.3) is 5.91 Å². The maximum Gasteiger partial charge on any atom is 0.271 e. The Labute approximate surface area is 185 Å². The fraction of sp³-hybridized carbons (Fsp3) is 0.476. The van der Waals surface area contributed by atoms with E-state index in [0.29, 0.717) is 30.2 Å². The maximum absolute atomic E-state index is 14.7. The number of hydrogen-bond acceptors (Lipinski definition) is 4. The smallest absolute Gasteiger partial charge is 0.271 e. The lowest BCUT2D eigenvalue weighted by atomic mass is 10.00. The highest BCUT2D eigenvalue weighted by atomic mass is 127. The van der Waals surface area contributed by atoms with Crippen LogP contribution < -0.4 is 5.32 Å². The lowest BCUT2D eigenvalue weighted by Gasteiger charge is -2.35. The Morgan fingerprint density at radius 3 is 2.83 bits per heavy atom. The minimum Gasteiger partial charge on any atom is -0.345 e. The van der Waals surface area contributed by atoms with Gasteiger partial charge in [-0.3, -0.25) is 9.48 Å². The first-order valence-electron chi connectivity index (χ1n) is 9.83. The number of amides is 1. The summed E-state index contributed by atoms with van der Waals surface area (Å²) in [5, 5.41) is 7.06. The number of aryl methyl sites for hydroxylation is 1. The summed E-state index contributed by atoms with van der Waals surface area (Å²) in [5.74, 6) is 0.158. The first-order valence-corrected chi connectivity index (χ1v) is 10.8. The second-order valence-electron chi connectivity index (χ2n) is 7.95. The molecular formula is C21H27FIN5O. The van der Waals surface area contributed by atoms with Crippen LogP contribution in [-0.2, 0) is 11.8 Å². The predicted molar refractivity (Wildman–Crippen MR) is 122 cm³/mol. The molecule has 2 atom stereocenters. The first-order chi connectivity index (χ1) is 13.9. The summed E-state index contributed by atoms with van der Waals surface area (Å²) in [7, 11) is 1.86. The van der Waals surface area contributed by atoms with Crippen molar-refractivity contribution in [3.63, 3.8) is 0 Å². The molecule has 1 aromatic carbocycles. The molecule has 0 aliphatic carbocycles. The molecule has 0 radical (unpaired) electrons. The van der Waals surface area contributed by atoms with Crippen molar-refractivity contribution in [2.75, 3.05) is 19.6 Å². The molecule has 0 saturated carbocycles. The van der Waals surface area contributed by atoms with Gasteiger partial charge >= 0.3 is 0 Å². The van der Waals surface area contributed by atoms with Crippen molar-refractivity contribution < 1.29 is 9.18 Å². The van der Waals surface area contributed by atoms with E-state index in [2.05, 4.69) is 32.4 Å². The molecular weight excluding hydrogens is 484 g/mol. The molecule has 1 fully saturated rings. The van der Waals surface area contributed by atoms with Crippen LogP contribution in [0, 0.1) is 5.92 Å². The van der Waals surface area contributed by atoms with E-state index in [1.165, 1.54) is 0 Å². The van der Waals surface area contributed by atoms with Crippen LogP contribution in [0.1, 0.15) is 25.8 Å². The topological polar surface area (TPSA) is 62.5 Å².